The van der Waals surface area contributed by atoms with Gasteiger partial charge in [-0.3, -0.25) is 0 Å². The summed E-state index contributed by atoms with van der Waals surface area (Å²) >= 11 is 0. The van der Waals surface area contributed by atoms with E-state index >= 15 is 0 Å². The third-order valence-corrected chi connectivity index (χ3v) is 5.61. The van der Waals surface area contributed by atoms with E-state index in [0.717, 1.165) is 5.46 Å². The van der Waals surface area contributed by atoms with E-state index in [1.165, 1.54) is 6.07 Å². The molecule has 1 saturated heterocycles. The average Bonchev–Trinajstić information content (AvgIpc) is 2.55. The van der Waals surface area contributed by atoms with Crippen molar-refractivity contribution in [1.82, 2.24) is 0 Å². The smallest absolute Gasteiger partial charge is 0.399 e. The number of sulfonamides is 1. The fourth-order valence-corrected chi connectivity index (χ4v) is 3.44. The number of primary sulfonamides is 1. The van der Waals surface area contributed by atoms with Crippen LogP contribution in [0.4, 0.5) is 0 Å². The summed E-state index contributed by atoms with van der Waals surface area (Å²) in [5.41, 5.74) is 0.186. The first-order chi connectivity index (χ1) is 10.2. The van der Waals surface area contributed by atoms with Crippen molar-refractivity contribution < 1.29 is 17.7 Å². The lowest BCUT2D eigenvalue weighted by Crippen LogP contribution is -2.41. The maximum absolute atomic E-state index is 11.9. The molecule has 7 heteroatoms. The van der Waals surface area contributed by atoms with Crippen LogP contribution >= 0.6 is 0 Å². The second-order valence-electron chi connectivity index (χ2n) is 8.14. The highest BCUT2D eigenvalue weighted by molar-refractivity contribution is 7.89. The molecule has 0 aromatic heterocycles. The molecule has 2 rings (SSSR count). The zero-order valence-electron chi connectivity index (χ0n) is 14.9. The predicted octanol–water partition coefficient (Wildman–Crippen LogP) is 1.93. The van der Waals surface area contributed by atoms with Crippen LogP contribution in [-0.4, -0.2) is 26.7 Å². The maximum Gasteiger partial charge on any atom is 0.494 e. The maximum atomic E-state index is 11.9. The SMILES string of the molecule is CC(C)(C)c1cc(B2OC(C)(C)C(C)(C)O2)ccc1S(N)(=O)=O. The minimum atomic E-state index is -3.78. The number of nitrogens with two attached hydrogens (primary N) is 1. The van der Waals surface area contributed by atoms with Gasteiger partial charge in [0.1, 0.15) is 0 Å². The largest absolute Gasteiger partial charge is 0.494 e. The summed E-state index contributed by atoms with van der Waals surface area (Å²) in [6.45, 7) is 13.8. The Morgan fingerprint density at radius 3 is 1.91 bits per heavy atom. The second kappa shape index (κ2) is 5.31. The Balaban J connectivity index is 2.52. The molecule has 1 aliphatic rings. The van der Waals surface area contributed by atoms with Gasteiger partial charge in [0, 0.05) is 0 Å². The summed E-state index contributed by atoms with van der Waals surface area (Å²) in [5.74, 6) is 0. The fourth-order valence-electron chi connectivity index (χ4n) is 2.51. The van der Waals surface area contributed by atoms with Crippen molar-refractivity contribution in [2.75, 3.05) is 0 Å². The van der Waals surface area contributed by atoms with Crippen molar-refractivity contribution in [1.29, 1.82) is 0 Å². The third kappa shape index (κ3) is 3.48. The molecule has 0 spiro atoms. The summed E-state index contributed by atoms with van der Waals surface area (Å²) in [4.78, 5) is 0.144. The highest BCUT2D eigenvalue weighted by atomic mass is 32.2. The van der Waals surface area contributed by atoms with E-state index in [2.05, 4.69) is 0 Å². The van der Waals surface area contributed by atoms with Crippen LogP contribution in [-0.2, 0) is 24.7 Å². The first-order valence-corrected chi connectivity index (χ1v) is 9.23. The van der Waals surface area contributed by atoms with Gasteiger partial charge in [0.15, 0.2) is 0 Å². The molecule has 2 N–H and O–H groups in total. The Hall–Kier alpha value is -0.885. The van der Waals surface area contributed by atoms with Gasteiger partial charge in [-0.25, -0.2) is 13.6 Å². The molecule has 0 bridgehead atoms. The van der Waals surface area contributed by atoms with Crippen molar-refractivity contribution in [3.05, 3.63) is 23.8 Å². The average molecular weight is 339 g/mol. The molecule has 1 fully saturated rings. The van der Waals surface area contributed by atoms with Crippen LogP contribution in [0.2, 0.25) is 0 Å². The number of rotatable bonds is 2. The van der Waals surface area contributed by atoms with Crippen LogP contribution in [0.5, 0.6) is 0 Å². The molecular formula is C16H26BNO4S. The lowest BCUT2D eigenvalue weighted by atomic mass is 9.75. The van der Waals surface area contributed by atoms with Crippen molar-refractivity contribution in [3.8, 4) is 0 Å². The minimum absolute atomic E-state index is 0.144. The topological polar surface area (TPSA) is 78.6 Å². The quantitative estimate of drug-likeness (QED) is 0.835. The van der Waals surface area contributed by atoms with Crippen molar-refractivity contribution in [2.24, 2.45) is 5.14 Å². The van der Waals surface area contributed by atoms with Crippen molar-refractivity contribution in [3.63, 3.8) is 0 Å². The molecule has 0 radical (unpaired) electrons. The highest BCUT2D eigenvalue weighted by Gasteiger charge is 2.51. The summed E-state index contributed by atoms with van der Waals surface area (Å²) in [5, 5.41) is 5.35. The van der Waals surface area contributed by atoms with E-state index in [1.807, 2.05) is 54.5 Å². The van der Waals surface area contributed by atoms with Gasteiger partial charge in [-0.1, -0.05) is 32.9 Å². The molecule has 128 valence electrons. The monoisotopic (exact) mass is 339 g/mol. The van der Waals surface area contributed by atoms with Gasteiger partial charge in [0.05, 0.1) is 16.1 Å². The summed E-state index contributed by atoms with van der Waals surface area (Å²) < 4.78 is 35.8. The zero-order chi connectivity index (χ0) is 17.8. The summed E-state index contributed by atoms with van der Waals surface area (Å²) in [7, 11) is -4.32. The number of hydrogen-bond donors (Lipinski definition) is 1. The van der Waals surface area contributed by atoms with E-state index < -0.39 is 28.3 Å². The Bertz CT molecular complexity index is 704. The number of hydrogen-bond acceptors (Lipinski definition) is 4. The molecular weight excluding hydrogens is 313 g/mol. The summed E-state index contributed by atoms with van der Waals surface area (Å²) in [6.07, 6.45) is 0. The fraction of sp³-hybridized carbons (Fsp3) is 0.625. The normalized spacial score (nSPS) is 20.8. The lowest BCUT2D eigenvalue weighted by molar-refractivity contribution is 0.00578. The van der Waals surface area contributed by atoms with E-state index in [1.54, 1.807) is 6.07 Å². The van der Waals surface area contributed by atoms with Gasteiger partial charge in [-0.2, -0.15) is 0 Å². The molecule has 23 heavy (non-hydrogen) atoms. The summed E-state index contributed by atoms with van der Waals surface area (Å²) in [6, 6.07) is 5.06. The van der Waals surface area contributed by atoms with Gasteiger partial charge in [-0.15, -0.1) is 0 Å². The van der Waals surface area contributed by atoms with Crippen LogP contribution < -0.4 is 10.6 Å². The Labute approximate surface area is 139 Å². The first kappa shape index (κ1) is 18.5. The second-order valence-corrected chi connectivity index (χ2v) is 9.67. The molecule has 1 heterocycles. The molecule has 1 aliphatic heterocycles. The van der Waals surface area contributed by atoms with Crippen LogP contribution in [0, 0.1) is 0 Å². The van der Waals surface area contributed by atoms with Crippen LogP contribution in [0.1, 0.15) is 54.0 Å². The zero-order valence-corrected chi connectivity index (χ0v) is 15.7. The molecule has 0 unspecified atom stereocenters. The molecule has 0 aliphatic carbocycles. The Morgan fingerprint density at radius 2 is 1.52 bits per heavy atom. The Morgan fingerprint density at radius 1 is 1.04 bits per heavy atom. The van der Waals surface area contributed by atoms with E-state index in [4.69, 9.17) is 14.4 Å². The van der Waals surface area contributed by atoms with Crippen LogP contribution in [0.3, 0.4) is 0 Å². The number of benzene rings is 1. The van der Waals surface area contributed by atoms with E-state index in [0.29, 0.717) is 5.56 Å². The molecule has 0 saturated carbocycles. The standard InChI is InChI=1S/C16H26BNO4S/c1-14(2,3)12-10-11(8-9-13(12)23(18,19)20)17-21-15(4,5)16(6,7)22-17/h8-10H,1-7H3,(H2,18,19,20). The predicted molar refractivity (Wildman–Crippen MR) is 92.2 cm³/mol. The van der Waals surface area contributed by atoms with Gasteiger partial charge in [0.2, 0.25) is 10.0 Å². The van der Waals surface area contributed by atoms with Gasteiger partial charge in [0.25, 0.3) is 0 Å². The molecule has 0 amide bonds. The molecule has 0 atom stereocenters. The van der Waals surface area contributed by atoms with Gasteiger partial charge in [-0.05, 0) is 50.2 Å². The Kier molecular flexibility index (Phi) is 4.26. The molecule has 5 nitrogen and oxygen atoms in total. The van der Waals surface area contributed by atoms with Crippen molar-refractivity contribution >= 4 is 22.6 Å². The lowest BCUT2D eigenvalue weighted by Gasteiger charge is -2.32. The van der Waals surface area contributed by atoms with Gasteiger partial charge < -0.3 is 9.31 Å². The van der Waals surface area contributed by atoms with Crippen LogP contribution in [0.25, 0.3) is 0 Å². The highest BCUT2D eigenvalue weighted by Crippen LogP contribution is 2.37. The van der Waals surface area contributed by atoms with Gasteiger partial charge >= 0.3 is 7.12 Å². The minimum Gasteiger partial charge on any atom is -0.399 e. The van der Waals surface area contributed by atoms with E-state index in [9.17, 15) is 8.42 Å². The van der Waals surface area contributed by atoms with E-state index in [-0.39, 0.29) is 10.3 Å². The van der Waals surface area contributed by atoms with Crippen LogP contribution in [0.15, 0.2) is 23.1 Å². The molecule has 1 aromatic carbocycles. The van der Waals surface area contributed by atoms with Crippen molar-refractivity contribution in [2.45, 2.75) is 70.0 Å². The first-order valence-electron chi connectivity index (χ1n) is 7.68. The third-order valence-electron chi connectivity index (χ3n) is 4.64. The molecule has 1 aromatic rings.